The predicted molar refractivity (Wildman–Crippen MR) is 75.7 cm³/mol. The zero-order valence-electron chi connectivity index (χ0n) is 11.8. The topological polar surface area (TPSA) is 66.8 Å². The van der Waals surface area contributed by atoms with E-state index >= 15 is 0 Å². The number of carbonyl (C=O) groups is 2. The molecule has 1 N–H and O–H groups in total. The van der Waals surface area contributed by atoms with Crippen LogP contribution in [0, 0.1) is 5.92 Å². The van der Waals surface area contributed by atoms with Gasteiger partial charge < -0.3 is 14.7 Å². The molecule has 1 amide bonds. The second-order valence-electron chi connectivity index (χ2n) is 5.78. The monoisotopic (exact) mass is 289 g/mol. The highest BCUT2D eigenvalue weighted by molar-refractivity contribution is 5.84. The van der Waals surface area contributed by atoms with Gasteiger partial charge in [-0.2, -0.15) is 0 Å². The van der Waals surface area contributed by atoms with Crippen LogP contribution in [0.1, 0.15) is 24.0 Å². The van der Waals surface area contributed by atoms with Crippen molar-refractivity contribution in [2.45, 2.75) is 31.8 Å². The van der Waals surface area contributed by atoms with Crippen molar-refractivity contribution in [3.05, 3.63) is 35.4 Å². The number of benzene rings is 1. The van der Waals surface area contributed by atoms with Gasteiger partial charge in [-0.05, 0) is 23.5 Å². The normalized spacial score (nSPS) is 24.7. The van der Waals surface area contributed by atoms with Gasteiger partial charge in [0.15, 0.2) is 0 Å². The Hall–Kier alpha value is -1.88. The van der Waals surface area contributed by atoms with E-state index in [-0.39, 0.29) is 11.8 Å². The Morgan fingerprint density at radius 3 is 2.71 bits per heavy atom. The zero-order chi connectivity index (χ0) is 14.8. The van der Waals surface area contributed by atoms with Gasteiger partial charge in [0, 0.05) is 32.6 Å². The molecule has 0 bridgehead atoms. The van der Waals surface area contributed by atoms with Crippen molar-refractivity contribution >= 4 is 11.9 Å². The average molecular weight is 289 g/mol. The molecule has 2 heterocycles. The van der Waals surface area contributed by atoms with Crippen molar-refractivity contribution in [1.29, 1.82) is 0 Å². The first-order valence-corrected chi connectivity index (χ1v) is 7.32. The predicted octanol–water partition coefficient (Wildman–Crippen LogP) is 1.45. The van der Waals surface area contributed by atoms with Crippen LogP contribution in [0.5, 0.6) is 0 Å². The minimum absolute atomic E-state index is 0.0765. The molecule has 0 spiro atoms. The summed E-state index contributed by atoms with van der Waals surface area (Å²) in [6.07, 6.45) is 1.65. The van der Waals surface area contributed by atoms with Gasteiger partial charge in [0.25, 0.3) is 0 Å². The van der Waals surface area contributed by atoms with Crippen LogP contribution in [0.2, 0.25) is 0 Å². The van der Waals surface area contributed by atoms with E-state index in [1.807, 2.05) is 24.3 Å². The lowest BCUT2D eigenvalue weighted by Gasteiger charge is -2.35. The van der Waals surface area contributed by atoms with Crippen molar-refractivity contribution in [1.82, 2.24) is 4.90 Å². The van der Waals surface area contributed by atoms with Crippen molar-refractivity contribution < 1.29 is 19.4 Å². The molecule has 5 heteroatoms. The minimum Gasteiger partial charge on any atom is -0.480 e. The van der Waals surface area contributed by atoms with Crippen LogP contribution in [0.4, 0.5) is 0 Å². The number of hydrogen-bond acceptors (Lipinski definition) is 3. The number of ether oxygens (including phenoxy) is 1. The SMILES string of the molecule is O=C(O)[C@@H]1Cc2ccccc2CN1C(=O)C[C@H]1CCOC1. The fraction of sp³-hybridized carbons (Fsp3) is 0.500. The number of aliphatic carboxylic acids is 1. The van der Waals surface area contributed by atoms with E-state index in [2.05, 4.69) is 0 Å². The van der Waals surface area contributed by atoms with E-state index in [9.17, 15) is 14.7 Å². The zero-order valence-corrected chi connectivity index (χ0v) is 11.8. The number of hydrogen-bond donors (Lipinski definition) is 1. The molecule has 1 aromatic carbocycles. The molecular formula is C16H19NO4. The highest BCUT2D eigenvalue weighted by atomic mass is 16.5. The first-order chi connectivity index (χ1) is 10.1. The van der Waals surface area contributed by atoms with Gasteiger partial charge in [-0.25, -0.2) is 4.79 Å². The Morgan fingerprint density at radius 1 is 1.29 bits per heavy atom. The van der Waals surface area contributed by atoms with Crippen molar-refractivity contribution in [2.24, 2.45) is 5.92 Å². The van der Waals surface area contributed by atoms with Gasteiger partial charge in [0.05, 0.1) is 0 Å². The van der Waals surface area contributed by atoms with E-state index in [0.29, 0.717) is 32.6 Å². The number of fused-ring (bicyclic) bond motifs is 1. The number of nitrogens with zero attached hydrogens (tertiary/aromatic N) is 1. The molecule has 2 aliphatic rings. The van der Waals surface area contributed by atoms with Gasteiger partial charge in [0.2, 0.25) is 5.91 Å². The minimum atomic E-state index is -0.930. The largest absolute Gasteiger partial charge is 0.480 e. The number of carboxylic acids is 1. The van der Waals surface area contributed by atoms with E-state index in [1.165, 1.54) is 4.90 Å². The van der Waals surface area contributed by atoms with E-state index in [1.54, 1.807) is 0 Å². The molecule has 1 fully saturated rings. The second-order valence-corrected chi connectivity index (χ2v) is 5.78. The van der Waals surface area contributed by atoms with Crippen LogP contribution in [0.25, 0.3) is 0 Å². The van der Waals surface area contributed by atoms with Gasteiger partial charge in [-0.1, -0.05) is 24.3 Å². The molecule has 0 saturated carbocycles. The molecule has 1 aromatic rings. The van der Waals surface area contributed by atoms with Gasteiger partial charge in [-0.15, -0.1) is 0 Å². The summed E-state index contributed by atoms with van der Waals surface area (Å²) in [4.78, 5) is 25.5. The van der Waals surface area contributed by atoms with Crippen LogP contribution in [-0.2, 0) is 27.3 Å². The van der Waals surface area contributed by atoms with Gasteiger partial charge >= 0.3 is 5.97 Å². The third-order valence-corrected chi connectivity index (χ3v) is 4.34. The lowest BCUT2D eigenvalue weighted by Crippen LogP contribution is -2.49. The standard InChI is InChI=1S/C16H19NO4/c18-15(7-11-5-6-21-10-11)17-9-13-4-2-1-3-12(13)8-14(17)16(19)20/h1-4,11,14H,5-10H2,(H,19,20)/t11-,14+/m1/s1. The molecule has 0 unspecified atom stereocenters. The van der Waals surface area contributed by atoms with E-state index in [4.69, 9.17) is 4.74 Å². The summed E-state index contributed by atoms with van der Waals surface area (Å²) in [5.74, 6) is -0.781. The number of rotatable bonds is 3. The van der Waals surface area contributed by atoms with E-state index < -0.39 is 12.0 Å². The Balaban J connectivity index is 1.78. The molecule has 0 aliphatic carbocycles. The summed E-state index contributed by atoms with van der Waals surface area (Å²) in [5.41, 5.74) is 2.07. The van der Waals surface area contributed by atoms with Crippen LogP contribution in [0.3, 0.4) is 0 Å². The Kier molecular flexibility index (Phi) is 3.92. The van der Waals surface area contributed by atoms with Crippen LogP contribution in [-0.4, -0.2) is 41.1 Å². The van der Waals surface area contributed by atoms with Crippen LogP contribution >= 0.6 is 0 Å². The number of carbonyl (C=O) groups excluding carboxylic acids is 1. The first kappa shape index (κ1) is 14.1. The summed E-state index contributed by atoms with van der Waals surface area (Å²) >= 11 is 0. The Bertz CT molecular complexity index is 551. The summed E-state index contributed by atoms with van der Waals surface area (Å²) < 4.78 is 5.29. The van der Waals surface area contributed by atoms with Crippen LogP contribution < -0.4 is 0 Å². The van der Waals surface area contributed by atoms with Crippen LogP contribution in [0.15, 0.2) is 24.3 Å². The fourth-order valence-electron chi connectivity index (χ4n) is 3.11. The highest BCUT2D eigenvalue weighted by Gasteiger charge is 2.35. The third kappa shape index (κ3) is 2.93. The summed E-state index contributed by atoms with van der Waals surface area (Å²) in [7, 11) is 0. The lowest BCUT2D eigenvalue weighted by molar-refractivity contribution is -0.151. The van der Waals surface area contributed by atoms with Crippen molar-refractivity contribution in [3.8, 4) is 0 Å². The molecule has 2 aliphatic heterocycles. The molecule has 1 saturated heterocycles. The number of carboxylic acid groups (broad SMARTS) is 1. The molecule has 3 rings (SSSR count). The average Bonchev–Trinajstić information content (AvgIpc) is 2.98. The maximum absolute atomic E-state index is 12.5. The third-order valence-electron chi connectivity index (χ3n) is 4.34. The molecule has 21 heavy (non-hydrogen) atoms. The van der Waals surface area contributed by atoms with Crippen molar-refractivity contribution in [3.63, 3.8) is 0 Å². The summed E-state index contributed by atoms with van der Waals surface area (Å²) in [5, 5.41) is 9.43. The molecule has 0 aromatic heterocycles. The van der Waals surface area contributed by atoms with Crippen molar-refractivity contribution in [2.75, 3.05) is 13.2 Å². The molecular weight excluding hydrogens is 270 g/mol. The molecule has 112 valence electrons. The Morgan fingerprint density at radius 2 is 2.05 bits per heavy atom. The molecule has 0 radical (unpaired) electrons. The highest BCUT2D eigenvalue weighted by Crippen LogP contribution is 2.26. The maximum Gasteiger partial charge on any atom is 0.326 e. The van der Waals surface area contributed by atoms with Gasteiger partial charge in [0.1, 0.15) is 6.04 Å². The fourth-order valence-corrected chi connectivity index (χ4v) is 3.11. The lowest BCUT2D eigenvalue weighted by atomic mass is 9.93. The quantitative estimate of drug-likeness (QED) is 0.914. The smallest absolute Gasteiger partial charge is 0.326 e. The second kappa shape index (κ2) is 5.85. The number of amides is 1. The summed E-state index contributed by atoms with van der Waals surface area (Å²) in [6, 6.07) is 6.98. The maximum atomic E-state index is 12.5. The summed E-state index contributed by atoms with van der Waals surface area (Å²) in [6.45, 7) is 1.69. The van der Waals surface area contributed by atoms with Gasteiger partial charge in [-0.3, -0.25) is 4.79 Å². The molecule has 2 atom stereocenters. The Labute approximate surface area is 123 Å². The van der Waals surface area contributed by atoms with E-state index in [0.717, 1.165) is 17.5 Å². The molecule has 5 nitrogen and oxygen atoms in total. The first-order valence-electron chi connectivity index (χ1n) is 7.32.